The van der Waals surface area contributed by atoms with E-state index in [9.17, 15) is 4.79 Å². The van der Waals surface area contributed by atoms with Crippen molar-refractivity contribution < 1.29 is 9.53 Å². The van der Waals surface area contributed by atoms with Crippen molar-refractivity contribution in [1.29, 1.82) is 0 Å². The molecule has 2 rings (SSSR count). The Labute approximate surface area is 96.1 Å². The summed E-state index contributed by atoms with van der Waals surface area (Å²) in [6.45, 7) is 0.403. The van der Waals surface area contributed by atoms with Crippen LogP contribution in [0.4, 0.5) is 0 Å². The minimum atomic E-state index is -0.524. The summed E-state index contributed by atoms with van der Waals surface area (Å²) in [6, 6.07) is 1.60. The molecule has 1 aliphatic carbocycles. The predicted octanol–water partition coefficient (Wildman–Crippen LogP) is 1.37. The molecule has 6 heteroatoms. The van der Waals surface area contributed by atoms with Gasteiger partial charge in [-0.2, -0.15) is 0 Å². The van der Waals surface area contributed by atoms with Crippen LogP contribution in [0.25, 0.3) is 0 Å². The molecule has 4 N–H and O–H groups in total. The average molecular weight is 247 g/mol. The molecular weight excluding hydrogens is 236 g/mol. The fourth-order valence-electron chi connectivity index (χ4n) is 1.15. The normalized spacial score (nSPS) is 17.5. The van der Waals surface area contributed by atoms with E-state index in [0.29, 0.717) is 21.6 Å². The van der Waals surface area contributed by atoms with E-state index in [-0.39, 0.29) is 5.54 Å². The minimum absolute atomic E-state index is 0.219. The summed E-state index contributed by atoms with van der Waals surface area (Å²) in [5.74, 6) is -0.0852. The Morgan fingerprint density at radius 3 is 2.87 bits per heavy atom. The maximum atomic E-state index is 11.0. The number of hydrogen-bond acceptors (Lipinski definition) is 4. The van der Waals surface area contributed by atoms with Gasteiger partial charge in [-0.25, -0.2) is 0 Å². The molecule has 1 saturated carbocycles. The lowest BCUT2D eigenvalue weighted by molar-refractivity contribution is 0.1000. The van der Waals surface area contributed by atoms with Crippen molar-refractivity contribution in [2.45, 2.75) is 18.4 Å². The smallest absolute Gasteiger partial charge is 0.262 e. The van der Waals surface area contributed by atoms with Crippen LogP contribution in [-0.4, -0.2) is 18.1 Å². The van der Waals surface area contributed by atoms with Crippen LogP contribution in [0.1, 0.15) is 22.5 Å². The van der Waals surface area contributed by atoms with Gasteiger partial charge >= 0.3 is 0 Å². The number of halogens is 1. The molecule has 0 aliphatic heterocycles. The third-order valence-electron chi connectivity index (χ3n) is 2.30. The van der Waals surface area contributed by atoms with Crippen LogP contribution >= 0.6 is 22.9 Å². The summed E-state index contributed by atoms with van der Waals surface area (Å²) < 4.78 is 5.93. The Morgan fingerprint density at radius 2 is 2.33 bits per heavy atom. The van der Waals surface area contributed by atoms with E-state index in [1.54, 1.807) is 6.07 Å². The first-order chi connectivity index (χ1) is 7.00. The molecule has 1 amide bonds. The van der Waals surface area contributed by atoms with Crippen LogP contribution in [0, 0.1) is 0 Å². The number of hydrogen-bond donors (Lipinski definition) is 2. The number of amides is 1. The standard InChI is InChI=1S/C9H11ClN2O2S/c10-6-3-5(7(15-6)8(11)13)14-4-9(12)1-2-9/h3H,1-2,4,12H2,(H2,11,13). The molecule has 0 spiro atoms. The molecule has 15 heavy (non-hydrogen) atoms. The van der Waals surface area contributed by atoms with Gasteiger partial charge in [0.15, 0.2) is 0 Å². The summed E-state index contributed by atoms with van der Waals surface area (Å²) in [5.41, 5.74) is 10.8. The first-order valence-corrected chi connectivity index (χ1v) is 5.70. The lowest BCUT2D eigenvalue weighted by atomic mass is 10.3. The van der Waals surface area contributed by atoms with Crippen molar-refractivity contribution in [3.8, 4) is 5.75 Å². The summed E-state index contributed by atoms with van der Waals surface area (Å²) in [7, 11) is 0. The zero-order chi connectivity index (χ0) is 11.1. The Morgan fingerprint density at radius 1 is 1.67 bits per heavy atom. The molecule has 1 fully saturated rings. The molecule has 1 heterocycles. The number of carbonyl (C=O) groups excluding carboxylic acids is 1. The van der Waals surface area contributed by atoms with Gasteiger partial charge in [0.2, 0.25) is 0 Å². The van der Waals surface area contributed by atoms with Gasteiger partial charge in [-0.1, -0.05) is 11.6 Å². The highest BCUT2D eigenvalue weighted by molar-refractivity contribution is 7.18. The van der Waals surface area contributed by atoms with Crippen molar-refractivity contribution in [3.05, 3.63) is 15.3 Å². The van der Waals surface area contributed by atoms with Crippen molar-refractivity contribution >= 4 is 28.8 Å². The quantitative estimate of drug-likeness (QED) is 0.842. The maximum absolute atomic E-state index is 11.0. The molecule has 1 aliphatic rings. The van der Waals surface area contributed by atoms with Gasteiger partial charge in [-0.3, -0.25) is 4.79 Å². The molecular formula is C9H11ClN2O2S. The van der Waals surface area contributed by atoms with E-state index in [1.807, 2.05) is 0 Å². The first-order valence-electron chi connectivity index (χ1n) is 4.51. The van der Waals surface area contributed by atoms with Crippen LogP contribution in [0.2, 0.25) is 4.34 Å². The topological polar surface area (TPSA) is 78.3 Å². The Kier molecular flexibility index (Phi) is 2.62. The second-order valence-electron chi connectivity index (χ2n) is 3.76. The summed E-state index contributed by atoms with van der Waals surface area (Å²) in [6.07, 6.45) is 1.91. The molecule has 0 atom stereocenters. The Hall–Kier alpha value is -0.780. The van der Waals surface area contributed by atoms with Gasteiger partial charge in [0, 0.05) is 6.07 Å². The lowest BCUT2D eigenvalue weighted by Gasteiger charge is -2.10. The average Bonchev–Trinajstić information content (AvgIpc) is 2.75. The van der Waals surface area contributed by atoms with E-state index >= 15 is 0 Å². The van der Waals surface area contributed by atoms with E-state index in [4.69, 9.17) is 27.8 Å². The molecule has 0 unspecified atom stereocenters. The molecule has 4 nitrogen and oxygen atoms in total. The van der Waals surface area contributed by atoms with Crippen molar-refractivity contribution in [2.24, 2.45) is 11.5 Å². The van der Waals surface area contributed by atoms with E-state index in [0.717, 1.165) is 24.2 Å². The fourth-order valence-corrected chi connectivity index (χ4v) is 2.16. The Balaban J connectivity index is 2.09. The lowest BCUT2D eigenvalue weighted by Crippen LogP contribution is -2.30. The molecule has 0 bridgehead atoms. The monoisotopic (exact) mass is 246 g/mol. The van der Waals surface area contributed by atoms with E-state index in [1.165, 1.54) is 0 Å². The predicted molar refractivity (Wildman–Crippen MR) is 59.5 cm³/mol. The van der Waals surface area contributed by atoms with Gasteiger partial charge in [0.1, 0.15) is 17.2 Å². The van der Waals surface area contributed by atoms with Crippen molar-refractivity contribution in [3.63, 3.8) is 0 Å². The van der Waals surface area contributed by atoms with Gasteiger partial charge < -0.3 is 16.2 Å². The number of rotatable bonds is 4. The maximum Gasteiger partial charge on any atom is 0.262 e. The summed E-state index contributed by atoms with van der Waals surface area (Å²) in [4.78, 5) is 11.4. The van der Waals surface area contributed by atoms with Crippen LogP contribution in [-0.2, 0) is 0 Å². The molecule has 0 radical (unpaired) electrons. The van der Waals surface area contributed by atoms with Crippen LogP contribution in [0.5, 0.6) is 5.75 Å². The van der Waals surface area contributed by atoms with Crippen LogP contribution < -0.4 is 16.2 Å². The SMILES string of the molecule is NC(=O)c1sc(Cl)cc1OCC1(N)CC1. The molecule has 0 saturated heterocycles. The van der Waals surface area contributed by atoms with Crippen molar-refractivity contribution in [2.75, 3.05) is 6.61 Å². The third kappa shape index (κ3) is 2.42. The van der Waals surface area contributed by atoms with Crippen molar-refractivity contribution in [1.82, 2.24) is 0 Å². The van der Waals surface area contributed by atoms with E-state index in [2.05, 4.69) is 0 Å². The molecule has 82 valence electrons. The van der Waals surface area contributed by atoms with Gasteiger partial charge in [0.25, 0.3) is 5.91 Å². The zero-order valence-electron chi connectivity index (χ0n) is 7.96. The highest BCUT2D eigenvalue weighted by atomic mass is 35.5. The van der Waals surface area contributed by atoms with Gasteiger partial charge in [-0.05, 0) is 12.8 Å². The zero-order valence-corrected chi connectivity index (χ0v) is 9.53. The molecule has 0 aromatic carbocycles. The second-order valence-corrected chi connectivity index (χ2v) is 5.44. The van der Waals surface area contributed by atoms with Gasteiger partial charge in [0.05, 0.1) is 9.88 Å². The Bertz CT molecular complexity index is 401. The number of carbonyl (C=O) groups is 1. The summed E-state index contributed by atoms with van der Waals surface area (Å²) in [5, 5.41) is 0. The first kappa shape index (κ1) is 10.7. The fraction of sp³-hybridized carbons (Fsp3) is 0.444. The number of primary amides is 1. The largest absolute Gasteiger partial charge is 0.490 e. The number of thiophene rings is 1. The van der Waals surface area contributed by atoms with E-state index < -0.39 is 5.91 Å². The highest BCUT2D eigenvalue weighted by Crippen LogP contribution is 2.36. The molecule has 1 aromatic rings. The number of ether oxygens (including phenoxy) is 1. The second kappa shape index (κ2) is 3.66. The minimum Gasteiger partial charge on any atom is -0.490 e. The van der Waals surface area contributed by atoms with Crippen LogP contribution in [0.3, 0.4) is 0 Å². The van der Waals surface area contributed by atoms with Gasteiger partial charge in [-0.15, -0.1) is 11.3 Å². The summed E-state index contributed by atoms with van der Waals surface area (Å²) >= 11 is 6.89. The third-order valence-corrected chi connectivity index (χ3v) is 3.56. The number of nitrogens with two attached hydrogens (primary N) is 2. The van der Waals surface area contributed by atoms with Crippen LogP contribution in [0.15, 0.2) is 6.07 Å². The highest BCUT2D eigenvalue weighted by Gasteiger charge is 2.39. The molecule has 1 aromatic heterocycles.